The van der Waals surface area contributed by atoms with Gasteiger partial charge in [-0.05, 0) is 0 Å². The molecular weight excluding hydrogens is 120 g/mol. The highest BCUT2D eigenvalue weighted by molar-refractivity contribution is 6.77. The molecule has 2 nitrogen and oxygen atoms in total. The van der Waals surface area contributed by atoms with Crippen molar-refractivity contribution >= 4 is 8.07 Å². The number of hydrogen-bond acceptors (Lipinski definition) is 2. The summed E-state index contributed by atoms with van der Waals surface area (Å²) in [5.41, 5.74) is -0.456. The van der Waals surface area contributed by atoms with Crippen LogP contribution in [0.4, 0.5) is 0 Å². The summed E-state index contributed by atoms with van der Waals surface area (Å²) < 4.78 is 0. The molecule has 0 aromatic rings. The van der Waals surface area contributed by atoms with Gasteiger partial charge in [0.25, 0.3) is 0 Å². The standard InChI is InChI=1S/C5H14O2Si/c1-8(2,3)5(7)4-6/h5-7H,4H2,1-3H3. The third-order valence-electron chi connectivity index (χ3n) is 1.17. The van der Waals surface area contributed by atoms with Crippen molar-refractivity contribution in [1.82, 2.24) is 0 Å². The van der Waals surface area contributed by atoms with E-state index in [4.69, 9.17) is 10.2 Å². The van der Waals surface area contributed by atoms with Gasteiger partial charge >= 0.3 is 0 Å². The Labute approximate surface area is 51.2 Å². The predicted molar refractivity (Wildman–Crippen MR) is 36.4 cm³/mol. The largest absolute Gasteiger partial charge is 0.394 e. The zero-order chi connectivity index (χ0) is 6.78. The van der Waals surface area contributed by atoms with E-state index in [1.807, 2.05) is 19.6 Å². The van der Waals surface area contributed by atoms with Crippen molar-refractivity contribution in [3.05, 3.63) is 0 Å². The molecule has 0 heterocycles. The Morgan fingerprint density at radius 3 is 1.75 bits per heavy atom. The van der Waals surface area contributed by atoms with Gasteiger partial charge in [-0.2, -0.15) is 0 Å². The average molecular weight is 134 g/mol. The van der Waals surface area contributed by atoms with Crippen LogP contribution >= 0.6 is 0 Å². The van der Waals surface area contributed by atoms with Crippen LogP contribution in [0.3, 0.4) is 0 Å². The maximum absolute atomic E-state index is 9.01. The quantitative estimate of drug-likeness (QED) is 0.530. The smallest absolute Gasteiger partial charge is 0.0811 e. The zero-order valence-corrected chi connectivity index (χ0v) is 6.68. The van der Waals surface area contributed by atoms with E-state index in [-0.39, 0.29) is 6.61 Å². The normalized spacial score (nSPS) is 16.1. The Bertz CT molecular complexity index is 67.3. The summed E-state index contributed by atoms with van der Waals surface area (Å²) in [5, 5.41) is 17.5. The van der Waals surface area contributed by atoms with Crippen molar-refractivity contribution < 1.29 is 10.2 Å². The van der Waals surface area contributed by atoms with E-state index in [0.717, 1.165) is 0 Å². The second-order valence-electron chi connectivity index (χ2n) is 3.06. The molecule has 0 spiro atoms. The van der Waals surface area contributed by atoms with Crippen LogP contribution in [0.2, 0.25) is 19.6 Å². The molecule has 3 heteroatoms. The first kappa shape index (κ1) is 8.14. The van der Waals surface area contributed by atoms with Gasteiger partial charge in [-0.3, -0.25) is 0 Å². The van der Waals surface area contributed by atoms with Gasteiger partial charge in [0.05, 0.1) is 20.4 Å². The van der Waals surface area contributed by atoms with Gasteiger partial charge < -0.3 is 10.2 Å². The van der Waals surface area contributed by atoms with Gasteiger partial charge in [0.2, 0.25) is 0 Å². The lowest BCUT2D eigenvalue weighted by atomic mass is 10.8. The summed E-state index contributed by atoms with van der Waals surface area (Å²) in [5.74, 6) is 0. The van der Waals surface area contributed by atoms with E-state index in [0.29, 0.717) is 0 Å². The van der Waals surface area contributed by atoms with Crippen LogP contribution in [-0.2, 0) is 0 Å². The van der Waals surface area contributed by atoms with Crippen LogP contribution in [0.25, 0.3) is 0 Å². The Morgan fingerprint density at radius 1 is 1.38 bits per heavy atom. The fraction of sp³-hybridized carbons (Fsp3) is 1.00. The summed E-state index contributed by atoms with van der Waals surface area (Å²) in [6.45, 7) is 5.98. The minimum absolute atomic E-state index is 0.0876. The van der Waals surface area contributed by atoms with Crippen LogP contribution in [0.15, 0.2) is 0 Å². The van der Waals surface area contributed by atoms with Crippen LogP contribution in [0, 0.1) is 0 Å². The molecule has 0 aliphatic heterocycles. The molecular formula is C5H14O2Si. The molecule has 0 saturated carbocycles. The summed E-state index contributed by atoms with van der Waals surface area (Å²) in [6.07, 6.45) is 0. The first-order chi connectivity index (χ1) is 3.48. The maximum atomic E-state index is 9.01. The molecule has 0 rings (SSSR count). The van der Waals surface area contributed by atoms with E-state index < -0.39 is 13.8 Å². The van der Waals surface area contributed by atoms with Crippen molar-refractivity contribution in [2.75, 3.05) is 6.61 Å². The van der Waals surface area contributed by atoms with Gasteiger partial charge in [0.1, 0.15) is 0 Å². The molecule has 0 aliphatic rings. The number of hydrogen-bond donors (Lipinski definition) is 2. The molecule has 2 N–H and O–H groups in total. The van der Waals surface area contributed by atoms with Crippen molar-refractivity contribution in [2.24, 2.45) is 0 Å². The molecule has 1 unspecified atom stereocenters. The first-order valence-electron chi connectivity index (χ1n) is 2.77. The minimum atomic E-state index is -1.46. The van der Waals surface area contributed by atoms with Crippen LogP contribution in [0.1, 0.15) is 0 Å². The van der Waals surface area contributed by atoms with Crippen LogP contribution in [-0.4, -0.2) is 30.6 Å². The second kappa shape index (κ2) is 2.62. The van der Waals surface area contributed by atoms with Crippen molar-refractivity contribution in [2.45, 2.75) is 25.4 Å². The van der Waals surface area contributed by atoms with Gasteiger partial charge in [-0.1, -0.05) is 19.6 Å². The van der Waals surface area contributed by atoms with E-state index in [9.17, 15) is 0 Å². The molecule has 0 aromatic carbocycles. The fourth-order valence-electron chi connectivity index (χ4n) is 0.274. The third kappa shape index (κ3) is 2.45. The molecule has 0 aliphatic carbocycles. The summed E-state index contributed by atoms with van der Waals surface area (Å²) in [4.78, 5) is 0. The van der Waals surface area contributed by atoms with E-state index in [1.165, 1.54) is 0 Å². The molecule has 1 atom stereocenters. The topological polar surface area (TPSA) is 40.5 Å². The van der Waals surface area contributed by atoms with Gasteiger partial charge in [-0.15, -0.1) is 0 Å². The highest BCUT2D eigenvalue weighted by atomic mass is 28.3. The number of aliphatic hydroxyl groups is 2. The van der Waals surface area contributed by atoms with E-state index in [1.54, 1.807) is 0 Å². The first-order valence-corrected chi connectivity index (χ1v) is 6.35. The maximum Gasteiger partial charge on any atom is 0.0811 e. The molecule has 0 aromatic heterocycles. The van der Waals surface area contributed by atoms with Crippen molar-refractivity contribution in [3.8, 4) is 0 Å². The molecule has 0 radical (unpaired) electrons. The predicted octanol–water partition coefficient (Wildman–Crippen LogP) is 0.217. The SMILES string of the molecule is C[Si](C)(C)C(O)CO. The minimum Gasteiger partial charge on any atom is -0.394 e. The Balaban J connectivity index is 3.62. The molecule has 8 heavy (non-hydrogen) atoms. The third-order valence-corrected chi connectivity index (χ3v) is 3.35. The summed E-state index contributed by atoms with van der Waals surface area (Å²) >= 11 is 0. The molecule has 0 bridgehead atoms. The van der Waals surface area contributed by atoms with E-state index in [2.05, 4.69) is 0 Å². The lowest BCUT2D eigenvalue weighted by molar-refractivity contribution is 0.146. The zero-order valence-electron chi connectivity index (χ0n) is 5.68. The highest BCUT2D eigenvalue weighted by Gasteiger charge is 2.22. The molecule has 0 saturated heterocycles. The van der Waals surface area contributed by atoms with Crippen molar-refractivity contribution in [1.29, 1.82) is 0 Å². The van der Waals surface area contributed by atoms with Crippen LogP contribution < -0.4 is 0 Å². The molecule has 50 valence electrons. The lowest BCUT2D eigenvalue weighted by Gasteiger charge is -2.20. The van der Waals surface area contributed by atoms with Crippen molar-refractivity contribution in [3.63, 3.8) is 0 Å². The lowest BCUT2D eigenvalue weighted by Crippen LogP contribution is -2.40. The van der Waals surface area contributed by atoms with Gasteiger partial charge in [0, 0.05) is 0 Å². The Morgan fingerprint density at radius 2 is 1.75 bits per heavy atom. The van der Waals surface area contributed by atoms with Gasteiger partial charge in [0.15, 0.2) is 0 Å². The average Bonchev–Trinajstić information content (AvgIpc) is 1.62. The Hall–Kier alpha value is 0.137. The number of rotatable bonds is 2. The molecule has 0 fully saturated rings. The monoisotopic (exact) mass is 134 g/mol. The van der Waals surface area contributed by atoms with E-state index >= 15 is 0 Å². The number of aliphatic hydroxyl groups excluding tert-OH is 2. The summed E-state index contributed by atoms with van der Waals surface area (Å²) in [7, 11) is -1.46. The van der Waals surface area contributed by atoms with Gasteiger partial charge in [-0.25, -0.2) is 0 Å². The second-order valence-corrected chi connectivity index (χ2v) is 8.46. The Kier molecular flexibility index (Phi) is 2.66. The molecule has 0 amide bonds. The summed E-state index contributed by atoms with van der Waals surface area (Å²) in [6, 6.07) is 0. The fourth-order valence-corrected chi connectivity index (χ4v) is 0.822. The van der Waals surface area contributed by atoms with Crippen LogP contribution in [0.5, 0.6) is 0 Å². The highest BCUT2D eigenvalue weighted by Crippen LogP contribution is 2.05.